The van der Waals surface area contributed by atoms with Crippen LogP contribution in [0.15, 0.2) is 40.9 Å². The summed E-state index contributed by atoms with van der Waals surface area (Å²) in [6.45, 7) is 2.58. The zero-order chi connectivity index (χ0) is 15.3. The summed E-state index contributed by atoms with van der Waals surface area (Å²) >= 11 is 3.34. The van der Waals surface area contributed by atoms with Crippen molar-refractivity contribution in [3.05, 3.63) is 46.5 Å². The molecule has 116 valence electrons. The lowest BCUT2D eigenvalue weighted by Gasteiger charge is -2.02. The van der Waals surface area contributed by atoms with Gasteiger partial charge in [-0.15, -0.1) is 0 Å². The number of carbonyl (C=O) groups excluding carboxylic acids is 1. The molecule has 0 saturated heterocycles. The van der Waals surface area contributed by atoms with E-state index in [0.29, 0.717) is 12.2 Å². The number of halogens is 1. The van der Waals surface area contributed by atoms with Crippen LogP contribution in [0.1, 0.15) is 62.2 Å². The Hall–Kier alpha value is -1.09. The Kier molecular flexibility index (Phi) is 9.88. The minimum Gasteiger partial charge on any atom is -0.458 e. The van der Waals surface area contributed by atoms with E-state index in [1.807, 2.05) is 18.2 Å². The third-order valence-electron chi connectivity index (χ3n) is 3.26. The van der Waals surface area contributed by atoms with E-state index >= 15 is 0 Å². The first-order valence-electron chi connectivity index (χ1n) is 7.81. The molecule has 3 heteroatoms. The van der Waals surface area contributed by atoms with Crippen LogP contribution in [0.25, 0.3) is 0 Å². The highest BCUT2D eigenvalue weighted by Crippen LogP contribution is 2.12. The molecule has 0 N–H and O–H groups in total. The molecule has 0 amide bonds. The lowest BCUT2D eigenvalue weighted by Crippen LogP contribution is -2.04. The minimum atomic E-state index is -0.277. The van der Waals surface area contributed by atoms with Crippen molar-refractivity contribution in [2.45, 2.75) is 51.9 Å². The van der Waals surface area contributed by atoms with Crippen molar-refractivity contribution in [1.82, 2.24) is 0 Å². The molecule has 0 fully saturated rings. The molecule has 2 nitrogen and oxygen atoms in total. The molecule has 1 aromatic carbocycles. The summed E-state index contributed by atoms with van der Waals surface area (Å²) in [6, 6.07) is 7.24. The average molecular weight is 353 g/mol. The van der Waals surface area contributed by atoms with E-state index in [4.69, 9.17) is 4.74 Å². The molecule has 0 aliphatic rings. The number of ether oxygens (including phenoxy) is 1. The zero-order valence-corrected chi connectivity index (χ0v) is 14.4. The molecule has 0 unspecified atom stereocenters. The smallest absolute Gasteiger partial charge is 0.338 e. The molecule has 0 spiro atoms. The highest BCUT2D eigenvalue weighted by molar-refractivity contribution is 9.10. The van der Waals surface area contributed by atoms with Crippen molar-refractivity contribution in [3.8, 4) is 0 Å². The van der Waals surface area contributed by atoms with Gasteiger partial charge in [-0.1, -0.05) is 73.2 Å². The lowest BCUT2D eigenvalue weighted by atomic mass is 10.1. The molecule has 0 aromatic heterocycles. The van der Waals surface area contributed by atoms with Crippen LogP contribution in [0.2, 0.25) is 0 Å². The molecule has 0 saturated carbocycles. The Bertz CT molecular complexity index is 441. The first kappa shape index (κ1) is 18.0. The standard InChI is InChI=1S/C18H25BrO2/c1-2-3-4-5-6-7-8-9-10-14-21-18(20)16-12-11-13-17(19)15-16/h9-13,15H,2-8,14H2,1H3/b10-9+. The van der Waals surface area contributed by atoms with Gasteiger partial charge in [0.25, 0.3) is 0 Å². The highest BCUT2D eigenvalue weighted by Gasteiger charge is 2.05. The average Bonchev–Trinajstić information content (AvgIpc) is 2.49. The predicted octanol–water partition coefficient (Wildman–Crippen LogP) is 5.91. The highest BCUT2D eigenvalue weighted by atomic mass is 79.9. The van der Waals surface area contributed by atoms with Gasteiger partial charge in [-0.25, -0.2) is 4.79 Å². The van der Waals surface area contributed by atoms with Crippen LogP contribution in [-0.4, -0.2) is 12.6 Å². The van der Waals surface area contributed by atoms with Crippen molar-refractivity contribution < 1.29 is 9.53 Å². The van der Waals surface area contributed by atoms with E-state index in [0.717, 1.165) is 10.9 Å². The number of carbonyl (C=O) groups is 1. The fourth-order valence-corrected chi connectivity index (χ4v) is 2.45. The fraction of sp³-hybridized carbons (Fsp3) is 0.500. The van der Waals surface area contributed by atoms with E-state index in [-0.39, 0.29) is 5.97 Å². The summed E-state index contributed by atoms with van der Waals surface area (Å²) in [7, 11) is 0. The molecule has 0 aliphatic heterocycles. The van der Waals surface area contributed by atoms with E-state index < -0.39 is 0 Å². The minimum absolute atomic E-state index is 0.277. The molecule has 0 aliphatic carbocycles. The second-order valence-corrected chi connectivity index (χ2v) is 6.05. The zero-order valence-electron chi connectivity index (χ0n) is 12.8. The van der Waals surface area contributed by atoms with Gasteiger partial charge in [-0.2, -0.15) is 0 Å². The van der Waals surface area contributed by atoms with Crippen LogP contribution in [0.4, 0.5) is 0 Å². The molecule has 21 heavy (non-hydrogen) atoms. The first-order valence-corrected chi connectivity index (χ1v) is 8.61. The molecule has 0 atom stereocenters. The van der Waals surface area contributed by atoms with Gasteiger partial charge in [0.1, 0.15) is 6.61 Å². The van der Waals surface area contributed by atoms with Crippen molar-refractivity contribution in [3.63, 3.8) is 0 Å². The molecule has 0 heterocycles. The molecular formula is C18H25BrO2. The van der Waals surface area contributed by atoms with Gasteiger partial charge < -0.3 is 4.74 Å². The van der Waals surface area contributed by atoms with Crippen molar-refractivity contribution in [2.24, 2.45) is 0 Å². The van der Waals surface area contributed by atoms with Crippen molar-refractivity contribution in [1.29, 1.82) is 0 Å². The fourth-order valence-electron chi connectivity index (χ4n) is 2.05. The van der Waals surface area contributed by atoms with Crippen LogP contribution in [0.3, 0.4) is 0 Å². The molecule has 1 aromatic rings. The van der Waals surface area contributed by atoms with Crippen LogP contribution in [0, 0.1) is 0 Å². The van der Waals surface area contributed by atoms with Gasteiger partial charge >= 0.3 is 5.97 Å². The van der Waals surface area contributed by atoms with Crippen LogP contribution >= 0.6 is 15.9 Å². The number of unbranched alkanes of at least 4 members (excludes halogenated alkanes) is 6. The van der Waals surface area contributed by atoms with Crippen molar-refractivity contribution >= 4 is 21.9 Å². The molecule has 1 rings (SSSR count). The van der Waals surface area contributed by atoms with Gasteiger partial charge in [-0.05, 0) is 31.0 Å². The largest absolute Gasteiger partial charge is 0.458 e. The summed E-state index contributed by atoms with van der Waals surface area (Å²) in [4.78, 5) is 11.8. The number of hydrogen-bond donors (Lipinski definition) is 0. The Labute approximate surface area is 136 Å². The summed E-state index contributed by atoms with van der Waals surface area (Å²) in [5.74, 6) is -0.277. The maximum absolute atomic E-state index is 11.8. The third-order valence-corrected chi connectivity index (χ3v) is 3.76. The first-order chi connectivity index (χ1) is 10.2. The van der Waals surface area contributed by atoms with E-state index in [1.54, 1.807) is 12.1 Å². The molecular weight excluding hydrogens is 328 g/mol. The Morgan fingerprint density at radius 1 is 1.14 bits per heavy atom. The number of hydrogen-bond acceptors (Lipinski definition) is 2. The van der Waals surface area contributed by atoms with Gasteiger partial charge in [0.15, 0.2) is 0 Å². The monoisotopic (exact) mass is 352 g/mol. The Morgan fingerprint density at radius 2 is 1.90 bits per heavy atom. The number of benzene rings is 1. The lowest BCUT2D eigenvalue weighted by molar-refractivity contribution is 0.0549. The third kappa shape index (κ3) is 8.71. The number of allylic oxidation sites excluding steroid dienone is 1. The maximum atomic E-state index is 11.8. The van der Waals surface area contributed by atoms with Gasteiger partial charge in [-0.3, -0.25) is 0 Å². The quantitative estimate of drug-likeness (QED) is 0.297. The predicted molar refractivity (Wildman–Crippen MR) is 91.6 cm³/mol. The normalized spacial score (nSPS) is 11.0. The molecule has 0 bridgehead atoms. The second-order valence-electron chi connectivity index (χ2n) is 5.14. The summed E-state index contributed by atoms with van der Waals surface area (Å²) in [5, 5.41) is 0. The van der Waals surface area contributed by atoms with Gasteiger partial charge in [0.05, 0.1) is 5.56 Å². The van der Waals surface area contributed by atoms with Crippen LogP contribution in [-0.2, 0) is 4.74 Å². The summed E-state index contributed by atoms with van der Waals surface area (Å²) < 4.78 is 6.08. The summed E-state index contributed by atoms with van der Waals surface area (Å²) in [6.07, 6.45) is 13.0. The van der Waals surface area contributed by atoms with E-state index in [2.05, 4.69) is 28.9 Å². The van der Waals surface area contributed by atoms with Crippen LogP contribution < -0.4 is 0 Å². The molecule has 0 radical (unpaired) electrons. The van der Waals surface area contributed by atoms with E-state index in [9.17, 15) is 4.79 Å². The summed E-state index contributed by atoms with van der Waals surface area (Å²) in [5.41, 5.74) is 0.577. The van der Waals surface area contributed by atoms with Gasteiger partial charge in [0, 0.05) is 4.47 Å². The second kappa shape index (κ2) is 11.6. The van der Waals surface area contributed by atoms with Gasteiger partial charge in [0.2, 0.25) is 0 Å². The number of rotatable bonds is 10. The topological polar surface area (TPSA) is 26.3 Å². The van der Waals surface area contributed by atoms with Crippen LogP contribution in [0.5, 0.6) is 0 Å². The Morgan fingerprint density at radius 3 is 2.67 bits per heavy atom. The van der Waals surface area contributed by atoms with Crippen molar-refractivity contribution in [2.75, 3.05) is 6.61 Å². The maximum Gasteiger partial charge on any atom is 0.338 e. The SMILES string of the molecule is CCCCCCCC/C=C/COC(=O)c1cccc(Br)c1. The Balaban J connectivity index is 2.07. The van der Waals surface area contributed by atoms with E-state index in [1.165, 1.54) is 38.5 Å². The number of esters is 1.